The van der Waals surface area contributed by atoms with Gasteiger partial charge in [-0.2, -0.15) is 11.3 Å². The van der Waals surface area contributed by atoms with Crippen LogP contribution < -0.4 is 5.84 Å². The summed E-state index contributed by atoms with van der Waals surface area (Å²) >= 11 is 8.25. The van der Waals surface area contributed by atoms with E-state index >= 15 is 0 Å². The molecule has 190 valence electrons. The molecule has 2 fully saturated rings. The zero-order valence-corrected chi connectivity index (χ0v) is 22.0. The van der Waals surface area contributed by atoms with Gasteiger partial charge in [0.05, 0.1) is 21.7 Å². The molecule has 0 radical (unpaired) electrons. The highest BCUT2D eigenvalue weighted by molar-refractivity contribution is 7.07. The molecule has 8 nitrogen and oxygen atoms in total. The van der Waals surface area contributed by atoms with Gasteiger partial charge in [0.1, 0.15) is 0 Å². The normalized spacial score (nSPS) is 20.9. The maximum absolute atomic E-state index is 13.7. The molecule has 2 atom stereocenters. The van der Waals surface area contributed by atoms with Crippen molar-refractivity contribution in [3.8, 4) is 0 Å². The van der Waals surface area contributed by atoms with E-state index in [0.29, 0.717) is 36.1 Å². The number of amides is 2. The van der Waals surface area contributed by atoms with Crippen LogP contribution in [0.5, 0.6) is 0 Å². The van der Waals surface area contributed by atoms with Gasteiger partial charge in [0.15, 0.2) is 0 Å². The molecule has 2 N–H and O–H groups in total. The molecular weight excluding hydrogens is 498 g/mol. The fourth-order valence-corrected chi connectivity index (χ4v) is 6.17. The number of Topliss-reactive ketones (excluding diaryl/α,β-unsaturated/α-hetero) is 1. The van der Waals surface area contributed by atoms with E-state index in [1.54, 1.807) is 28.4 Å². The Balaban J connectivity index is 1.41. The van der Waals surface area contributed by atoms with Crippen molar-refractivity contribution in [2.75, 3.05) is 32.0 Å². The number of benzene rings is 1. The predicted octanol–water partition coefficient (Wildman–Crippen LogP) is 3.61. The summed E-state index contributed by atoms with van der Waals surface area (Å²) in [5, 5.41) is 4.96. The lowest BCUT2D eigenvalue weighted by molar-refractivity contribution is -0.125. The van der Waals surface area contributed by atoms with Crippen LogP contribution in [-0.2, 0) is 11.3 Å². The van der Waals surface area contributed by atoms with Crippen LogP contribution in [0.2, 0.25) is 5.02 Å². The minimum atomic E-state index is -0.615. The number of likely N-dealkylation sites (tertiary alicyclic amines) is 1. The van der Waals surface area contributed by atoms with E-state index < -0.39 is 11.7 Å². The molecule has 2 aliphatic heterocycles. The van der Waals surface area contributed by atoms with E-state index in [1.165, 1.54) is 16.4 Å². The van der Waals surface area contributed by atoms with Gasteiger partial charge in [-0.15, -0.1) is 0 Å². The van der Waals surface area contributed by atoms with Gasteiger partial charge >= 0.3 is 0 Å². The molecule has 2 amide bonds. The third-order valence-electron chi connectivity index (χ3n) is 7.33. The van der Waals surface area contributed by atoms with E-state index in [4.69, 9.17) is 17.4 Å². The first-order chi connectivity index (χ1) is 17.2. The van der Waals surface area contributed by atoms with Crippen LogP contribution in [0.4, 0.5) is 0 Å². The van der Waals surface area contributed by atoms with Gasteiger partial charge in [-0.25, -0.2) is 0 Å². The number of rotatable bonds is 5. The van der Waals surface area contributed by atoms with E-state index in [0.717, 1.165) is 25.9 Å². The van der Waals surface area contributed by atoms with Crippen LogP contribution in [-0.4, -0.2) is 75.2 Å². The summed E-state index contributed by atoms with van der Waals surface area (Å²) < 4.78 is 1.29. The number of thiophene rings is 1. The van der Waals surface area contributed by atoms with Crippen LogP contribution in [0.1, 0.15) is 53.0 Å². The third-order valence-corrected chi connectivity index (χ3v) is 8.37. The van der Waals surface area contributed by atoms with Gasteiger partial charge in [-0.3, -0.25) is 24.0 Å². The van der Waals surface area contributed by atoms with Gasteiger partial charge in [-0.1, -0.05) is 11.6 Å². The molecular formula is C26H30ClN5O3S. The summed E-state index contributed by atoms with van der Waals surface area (Å²) in [5.74, 6) is 4.76. The Labute approximate surface area is 219 Å². The third kappa shape index (κ3) is 4.51. The van der Waals surface area contributed by atoms with Crippen molar-refractivity contribution in [3.05, 3.63) is 56.9 Å². The number of piperazine rings is 1. The van der Waals surface area contributed by atoms with Gasteiger partial charge in [-0.05, 0) is 61.2 Å². The standard InChI is InChI=1S/C26H30ClN5O3S/c1-16-12-31(17(2)11-30(16)13-18-5-8-36-15-18)25(34)20-9-19-21(14-32(28)23(19)10-22(20)27)24(33)26(35)29-6-3-4-7-29/h5,8-10,14-17H,3-4,6-7,11-13,28H2,1-2H3/t16-,17+/m0/s1. The van der Waals surface area contributed by atoms with Gasteiger partial charge in [0.2, 0.25) is 0 Å². The highest BCUT2D eigenvalue weighted by Gasteiger charge is 2.34. The molecule has 10 heteroatoms. The quantitative estimate of drug-likeness (QED) is 0.311. The summed E-state index contributed by atoms with van der Waals surface area (Å²) in [6.45, 7) is 7.48. The lowest BCUT2D eigenvalue weighted by atomic mass is 10.0. The Morgan fingerprint density at radius 3 is 2.53 bits per heavy atom. The second kappa shape index (κ2) is 9.88. The molecule has 3 aromatic rings. The molecule has 5 rings (SSSR count). The van der Waals surface area contributed by atoms with E-state index in [9.17, 15) is 14.4 Å². The topological polar surface area (TPSA) is 91.9 Å². The fourth-order valence-electron chi connectivity index (χ4n) is 5.27. The summed E-state index contributed by atoms with van der Waals surface area (Å²) in [6, 6.07) is 5.50. The average Bonchev–Trinajstić information content (AvgIpc) is 3.62. The Bertz CT molecular complexity index is 1310. The lowest BCUT2D eigenvalue weighted by Gasteiger charge is -2.44. The number of carbonyl (C=O) groups excluding carboxylic acids is 3. The molecule has 0 aliphatic carbocycles. The minimum absolute atomic E-state index is 0.0175. The van der Waals surface area contributed by atoms with E-state index in [1.807, 2.05) is 11.8 Å². The number of nitrogens with two attached hydrogens (primary N) is 1. The SMILES string of the molecule is C[C@@H]1CN(Cc2ccsc2)[C@@H](C)CN1C(=O)c1cc2c(C(=O)C(=O)N3CCCC3)cn(N)c2cc1Cl. The van der Waals surface area contributed by atoms with E-state index in [2.05, 4.69) is 28.7 Å². The average molecular weight is 528 g/mol. The summed E-state index contributed by atoms with van der Waals surface area (Å²) in [7, 11) is 0. The lowest BCUT2D eigenvalue weighted by Crippen LogP contribution is -2.57. The molecule has 0 unspecified atom stereocenters. The zero-order chi connectivity index (χ0) is 25.6. The van der Waals surface area contributed by atoms with Crippen molar-refractivity contribution in [1.82, 2.24) is 19.4 Å². The molecule has 2 aromatic heterocycles. The Kier molecular flexibility index (Phi) is 6.80. The number of nitrogen functional groups attached to an aromatic ring is 1. The van der Waals surface area contributed by atoms with Gasteiger partial charge < -0.3 is 15.6 Å². The first kappa shape index (κ1) is 24.8. The highest BCUT2D eigenvalue weighted by Crippen LogP contribution is 2.30. The van der Waals surface area contributed by atoms with Crippen molar-refractivity contribution in [2.45, 2.75) is 45.3 Å². The maximum atomic E-state index is 13.7. The molecule has 2 saturated heterocycles. The minimum Gasteiger partial charge on any atom is -0.339 e. The molecule has 36 heavy (non-hydrogen) atoms. The highest BCUT2D eigenvalue weighted by atomic mass is 35.5. The Morgan fingerprint density at radius 2 is 1.83 bits per heavy atom. The molecule has 2 aliphatic rings. The summed E-state index contributed by atoms with van der Waals surface area (Å²) in [6.07, 6.45) is 3.23. The van der Waals surface area contributed by atoms with Crippen molar-refractivity contribution in [1.29, 1.82) is 0 Å². The Hall–Kier alpha value is -2.88. The number of hydrogen-bond acceptors (Lipinski definition) is 6. The number of nitrogens with zero attached hydrogens (tertiary/aromatic N) is 4. The van der Waals surface area contributed by atoms with Crippen molar-refractivity contribution in [2.24, 2.45) is 0 Å². The largest absolute Gasteiger partial charge is 0.339 e. The smallest absolute Gasteiger partial charge is 0.295 e. The van der Waals surface area contributed by atoms with Crippen molar-refractivity contribution in [3.63, 3.8) is 0 Å². The second-order valence-corrected chi connectivity index (χ2v) is 11.0. The summed E-state index contributed by atoms with van der Waals surface area (Å²) in [4.78, 5) is 45.4. The van der Waals surface area contributed by atoms with Gasteiger partial charge in [0, 0.05) is 56.4 Å². The first-order valence-corrected chi connectivity index (χ1v) is 13.6. The van der Waals surface area contributed by atoms with Crippen molar-refractivity contribution >= 4 is 51.4 Å². The van der Waals surface area contributed by atoms with E-state index in [-0.39, 0.29) is 28.6 Å². The number of hydrogen-bond donors (Lipinski definition) is 1. The van der Waals surface area contributed by atoms with Crippen LogP contribution in [0.3, 0.4) is 0 Å². The molecule has 0 spiro atoms. The second-order valence-electron chi connectivity index (χ2n) is 9.84. The van der Waals surface area contributed by atoms with Crippen LogP contribution in [0, 0.1) is 0 Å². The summed E-state index contributed by atoms with van der Waals surface area (Å²) in [5.41, 5.74) is 2.27. The number of aromatic nitrogens is 1. The Morgan fingerprint density at radius 1 is 1.08 bits per heavy atom. The predicted molar refractivity (Wildman–Crippen MR) is 142 cm³/mol. The van der Waals surface area contributed by atoms with Crippen LogP contribution >= 0.6 is 22.9 Å². The molecule has 0 bridgehead atoms. The van der Waals surface area contributed by atoms with Crippen LogP contribution in [0.25, 0.3) is 10.9 Å². The number of ketones is 1. The van der Waals surface area contributed by atoms with Gasteiger partial charge in [0.25, 0.3) is 17.6 Å². The molecule has 0 saturated carbocycles. The van der Waals surface area contributed by atoms with Crippen molar-refractivity contribution < 1.29 is 14.4 Å². The fraction of sp³-hybridized carbons (Fsp3) is 0.423. The molecule has 4 heterocycles. The zero-order valence-electron chi connectivity index (χ0n) is 20.4. The number of halogens is 1. The van der Waals surface area contributed by atoms with Crippen LogP contribution in [0.15, 0.2) is 35.2 Å². The molecule has 1 aromatic carbocycles. The number of fused-ring (bicyclic) bond motifs is 1. The first-order valence-electron chi connectivity index (χ1n) is 12.2. The maximum Gasteiger partial charge on any atom is 0.295 e. The number of carbonyl (C=O) groups is 3. The monoisotopic (exact) mass is 527 g/mol.